The third-order valence-corrected chi connectivity index (χ3v) is 7.71. The zero-order chi connectivity index (χ0) is 22.4. The van der Waals surface area contributed by atoms with E-state index in [-0.39, 0.29) is 0 Å². The number of pyridine rings is 2. The topological polar surface area (TPSA) is 114 Å². The molecular weight excluding hydrogens is 412 g/mol. The average Bonchev–Trinajstić information content (AvgIpc) is 3.17. The summed E-state index contributed by atoms with van der Waals surface area (Å²) in [7, 11) is 0. The molecule has 0 aromatic carbocycles. The summed E-state index contributed by atoms with van der Waals surface area (Å²) < 4.78 is 0. The van der Waals surface area contributed by atoms with Gasteiger partial charge in [0.25, 0.3) is 0 Å². The second-order valence-electron chi connectivity index (χ2n) is 10.1. The van der Waals surface area contributed by atoms with E-state index in [1.54, 1.807) is 0 Å². The molecule has 0 radical (unpaired) electrons. The lowest BCUT2D eigenvalue weighted by atomic mass is 9.63. The first kappa shape index (κ1) is 20.4. The third kappa shape index (κ3) is 4.13. The number of H-pyrrole nitrogens is 1. The second-order valence-corrected chi connectivity index (χ2v) is 10.1. The standard InChI is InChI=1S/C25H30N8/c1-14-5-24(33-32-14)30-23-12-22-21(3-2-4-27-22)25(31-23)29-20-10-18-8-17(9-19(11-20)28-18)16-6-15(7-16)13-26/h2-5,12,15-20,28H,6-11H2,1H3,(H3,29,30,31,32,33)/t15-,16-,17?,18-,19+,20-. The lowest BCUT2D eigenvalue weighted by molar-refractivity contribution is 0.0770. The Morgan fingerprint density at radius 1 is 1.03 bits per heavy atom. The molecular formula is C25H30N8. The molecule has 0 spiro atoms. The van der Waals surface area contributed by atoms with Crippen molar-refractivity contribution in [3.8, 4) is 6.07 Å². The number of nitrogens with zero attached hydrogens (tertiary/aromatic N) is 4. The van der Waals surface area contributed by atoms with Crippen LogP contribution >= 0.6 is 0 Å². The van der Waals surface area contributed by atoms with Crippen LogP contribution in [0.4, 0.5) is 17.5 Å². The molecule has 8 nitrogen and oxygen atoms in total. The van der Waals surface area contributed by atoms with Gasteiger partial charge >= 0.3 is 0 Å². The lowest BCUT2D eigenvalue weighted by Crippen LogP contribution is -2.55. The largest absolute Gasteiger partial charge is 0.367 e. The van der Waals surface area contributed by atoms with Crippen LogP contribution in [0, 0.1) is 36.0 Å². The molecule has 3 aliphatic rings. The predicted molar refractivity (Wildman–Crippen MR) is 128 cm³/mol. The van der Waals surface area contributed by atoms with Gasteiger partial charge < -0.3 is 16.0 Å². The van der Waals surface area contributed by atoms with E-state index in [1.807, 2.05) is 31.3 Å². The van der Waals surface area contributed by atoms with Crippen LogP contribution in [-0.2, 0) is 0 Å². The highest BCUT2D eigenvalue weighted by molar-refractivity contribution is 5.91. The van der Waals surface area contributed by atoms with Crippen LogP contribution in [0.2, 0.25) is 0 Å². The number of rotatable bonds is 5. The highest BCUT2D eigenvalue weighted by atomic mass is 15.2. The first-order valence-corrected chi connectivity index (χ1v) is 12.1. The summed E-state index contributed by atoms with van der Waals surface area (Å²) in [6.45, 7) is 1.98. The number of aryl methyl sites for hydroxylation is 1. The minimum absolute atomic E-state index is 0.304. The van der Waals surface area contributed by atoms with Crippen molar-refractivity contribution in [3.63, 3.8) is 0 Å². The Hall–Kier alpha value is -3.18. The Bertz CT molecular complexity index is 1180. The van der Waals surface area contributed by atoms with Crippen LogP contribution in [0.5, 0.6) is 0 Å². The van der Waals surface area contributed by atoms with Crippen molar-refractivity contribution in [2.24, 2.45) is 17.8 Å². The van der Waals surface area contributed by atoms with Crippen LogP contribution in [0.1, 0.15) is 44.2 Å². The maximum absolute atomic E-state index is 9.13. The molecule has 6 rings (SSSR count). The number of anilines is 3. The van der Waals surface area contributed by atoms with Gasteiger partial charge in [-0.1, -0.05) is 0 Å². The van der Waals surface area contributed by atoms with Crippen molar-refractivity contribution >= 4 is 28.4 Å². The highest BCUT2D eigenvalue weighted by Crippen LogP contribution is 2.45. The molecule has 2 saturated heterocycles. The second kappa shape index (κ2) is 8.31. The minimum atomic E-state index is 0.304. The first-order chi connectivity index (χ1) is 16.1. The summed E-state index contributed by atoms with van der Waals surface area (Å²) in [5.74, 6) is 4.21. The Morgan fingerprint density at radius 3 is 2.55 bits per heavy atom. The van der Waals surface area contributed by atoms with Crippen molar-refractivity contribution in [3.05, 3.63) is 36.2 Å². The van der Waals surface area contributed by atoms with E-state index in [4.69, 9.17) is 10.2 Å². The van der Waals surface area contributed by atoms with Crippen molar-refractivity contribution in [1.82, 2.24) is 25.5 Å². The summed E-state index contributed by atoms with van der Waals surface area (Å²) in [6.07, 6.45) is 8.70. The normalized spacial score (nSPS) is 30.9. The van der Waals surface area contributed by atoms with Crippen LogP contribution in [0.15, 0.2) is 30.5 Å². The molecule has 1 aliphatic carbocycles. The third-order valence-electron chi connectivity index (χ3n) is 7.71. The van der Waals surface area contributed by atoms with E-state index in [9.17, 15) is 0 Å². The quantitative estimate of drug-likeness (QED) is 0.467. The van der Waals surface area contributed by atoms with Gasteiger partial charge in [0.2, 0.25) is 0 Å². The molecule has 170 valence electrons. The monoisotopic (exact) mass is 442 g/mol. The molecule has 4 N–H and O–H groups in total. The Labute approximate surface area is 193 Å². The number of nitrogens with one attached hydrogen (secondary N) is 4. The fourth-order valence-corrected chi connectivity index (χ4v) is 6.12. The van der Waals surface area contributed by atoms with Crippen molar-refractivity contribution in [2.75, 3.05) is 10.6 Å². The van der Waals surface area contributed by atoms with E-state index < -0.39 is 0 Å². The van der Waals surface area contributed by atoms with Crippen LogP contribution in [0.3, 0.4) is 0 Å². The number of aromatic nitrogens is 4. The lowest BCUT2D eigenvalue weighted by Gasteiger charge is -2.48. The Kier molecular flexibility index (Phi) is 5.14. The van der Waals surface area contributed by atoms with Gasteiger partial charge in [0.05, 0.1) is 11.6 Å². The summed E-state index contributed by atoms with van der Waals surface area (Å²) >= 11 is 0. The molecule has 1 unspecified atom stereocenters. The molecule has 0 amide bonds. The van der Waals surface area contributed by atoms with Gasteiger partial charge in [-0.2, -0.15) is 10.4 Å². The number of hydrogen-bond donors (Lipinski definition) is 4. The summed E-state index contributed by atoms with van der Waals surface area (Å²) in [5, 5.41) is 28.3. The zero-order valence-electron chi connectivity index (χ0n) is 18.9. The number of fused-ring (bicyclic) bond motifs is 3. The van der Waals surface area contributed by atoms with Gasteiger partial charge in [-0.3, -0.25) is 10.1 Å². The maximum atomic E-state index is 9.13. The van der Waals surface area contributed by atoms with Gasteiger partial charge in [0, 0.05) is 53.5 Å². The molecule has 4 atom stereocenters. The van der Waals surface area contributed by atoms with Crippen molar-refractivity contribution in [2.45, 2.75) is 63.6 Å². The predicted octanol–water partition coefficient (Wildman–Crippen LogP) is 4.27. The van der Waals surface area contributed by atoms with Gasteiger partial charge in [0.15, 0.2) is 5.82 Å². The van der Waals surface area contributed by atoms with Crippen LogP contribution in [0.25, 0.3) is 10.9 Å². The number of aromatic amines is 1. The first-order valence-electron chi connectivity index (χ1n) is 12.1. The number of piperidine rings is 2. The van der Waals surface area contributed by atoms with Crippen molar-refractivity contribution < 1.29 is 0 Å². The smallest absolute Gasteiger partial charge is 0.153 e. The van der Waals surface area contributed by atoms with E-state index in [0.29, 0.717) is 24.0 Å². The molecule has 33 heavy (non-hydrogen) atoms. The fraction of sp³-hybridized carbons (Fsp3) is 0.520. The molecule has 2 aliphatic heterocycles. The van der Waals surface area contributed by atoms with Gasteiger partial charge in [-0.15, -0.1) is 0 Å². The molecule has 3 aromatic rings. The summed E-state index contributed by atoms with van der Waals surface area (Å²) in [4.78, 5) is 9.48. The van der Waals surface area contributed by atoms with Crippen molar-refractivity contribution in [1.29, 1.82) is 5.26 Å². The van der Waals surface area contributed by atoms with Gasteiger partial charge in [0.1, 0.15) is 11.6 Å². The maximum Gasteiger partial charge on any atom is 0.153 e. The summed E-state index contributed by atoms with van der Waals surface area (Å²) in [6, 6.07) is 11.9. The zero-order valence-corrected chi connectivity index (χ0v) is 18.9. The number of nitriles is 1. The number of hydrogen-bond acceptors (Lipinski definition) is 7. The van der Waals surface area contributed by atoms with E-state index >= 15 is 0 Å². The van der Waals surface area contributed by atoms with Crippen LogP contribution in [-0.4, -0.2) is 38.3 Å². The summed E-state index contributed by atoms with van der Waals surface area (Å²) in [5.41, 5.74) is 1.91. The molecule has 3 aromatic heterocycles. The minimum Gasteiger partial charge on any atom is -0.367 e. The highest BCUT2D eigenvalue weighted by Gasteiger charge is 2.42. The fourth-order valence-electron chi connectivity index (χ4n) is 6.12. The van der Waals surface area contributed by atoms with Crippen LogP contribution < -0.4 is 16.0 Å². The molecule has 1 saturated carbocycles. The molecule has 3 fully saturated rings. The van der Waals surface area contributed by atoms with Gasteiger partial charge in [-0.05, 0) is 69.4 Å². The van der Waals surface area contributed by atoms with E-state index in [2.05, 4.69) is 43.3 Å². The van der Waals surface area contributed by atoms with E-state index in [0.717, 1.165) is 71.6 Å². The molecule has 2 bridgehead atoms. The molecule has 5 heterocycles. The van der Waals surface area contributed by atoms with Gasteiger partial charge in [-0.25, -0.2) is 4.98 Å². The average molecular weight is 443 g/mol. The molecule has 8 heteroatoms. The Morgan fingerprint density at radius 2 is 1.82 bits per heavy atom. The SMILES string of the molecule is Cc1cc(Nc2cc3ncccc3c(N[C@@H]3C[C@H]4CC([C@H]5C[C@H](C#N)C5)C[C@@H](C3)N4)n2)n[nH]1. The van der Waals surface area contributed by atoms with E-state index in [1.165, 1.54) is 12.8 Å². The Balaban J connectivity index is 1.18.